The largest absolute Gasteiger partial charge is 0.472 e. The third-order valence-electron chi connectivity index (χ3n) is 8.32. The van der Waals surface area contributed by atoms with Crippen molar-refractivity contribution in [2.75, 3.05) is 19.8 Å². The maximum atomic E-state index is 12.5. The molecule has 0 aromatic rings. The first-order valence-electron chi connectivity index (χ1n) is 19.5. The summed E-state index contributed by atoms with van der Waals surface area (Å²) in [7, 11) is -4.27. The third kappa shape index (κ3) is 34.5. The summed E-state index contributed by atoms with van der Waals surface area (Å²) in [4.78, 5) is 34.6. The molecular formula is C38H73O8P. The fraction of sp³-hybridized carbons (Fsp3) is 0.895. The summed E-state index contributed by atoms with van der Waals surface area (Å²) in [5.74, 6) is -0.801. The minimum atomic E-state index is -4.27. The van der Waals surface area contributed by atoms with Crippen LogP contribution >= 0.6 is 7.82 Å². The Labute approximate surface area is 289 Å². The number of rotatable bonds is 36. The first-order chi connectivity index (χ1) is 22.8. The van der Waals surface area contributed by atoms with Gasteiger partial charge in [-0.1, -0.05) is 148 Å². The van der Waals surface area contributed by atoms with Gasteiger partial charge in [-0.05, 0) is 45.4 Å². The summed E-state index contributed by atoms with van der Waals surface area (Å²) < 4.78 is 32.5. The van der Waals surface area contributed by atoms with Crippen molar-refractivity contribution in [2.45, 2.75) is 200 Å². The molecule has 0 aliphatic heterocycles. The molecule has 1 N–H and O–H groups in total. The van der Waals surface area contributed by atoms with Crippen LogP contribution in [0.4, 0.5) is 0 Å². The lowest BCUT2D eigenvalue weighted by atomic mass is 10.0. The molecule has 0 bridgehead atoms. The number of ether oxygens (including phenoxy) is 2. The van der Waals surface area contributed by atoms with E-state index in [2.05, 4.69) is 26.0 Å². The number of phosphoric acid groups is 1. The average Bonchev–Trinajstić information content (AvgIpc) is 3.04. The zero-order chi connectivity index (χ0) is 34.7. The van der Waals surface area contributed by atoms with Gasteiger partial charge in [0.15, 0.2) is 6.10 Å². The lowest BCUT2D eigenvalue weighted by molar-refractivity contribution is -0.161. The Morgan fingerprint density at radius 2 is 0.957 bits per heavy atom. The number of hydrogen-bond donors (Lipinski definition) is 1. The van der Waals surface area contributed by atoms with Crippen molar-refractivity contribution >= 4 is 19.8 Å². The lowest BCUT2D eigenvalue weighted by Crippen LogP contribution is -2.29. The number of hydrogen-bond acceptors (Lipinski definition) is 7. The molecule has 0 aliphatic carbocycles. The Bertz CT molecular complexity index is 788. The highest BCUT2D eigenvalue weighted by atomic mass is 31.2. The Morgan fingerprint density at radius 1 is 0.553 bits per heavy atom. The van der Waals surface area contributed by atoms with E-state index in [0.29, 0.717) is 12.8 Å². The van der Waals surface area contributed by atoms with Crippen molar-refractivity contribution in [3.63, 3.8) is 0 Å². The van der Waals surface area contributed by atoms with E-state index in [0.717, 1.165) is 51.4 Å². The SMILES string of the molecule is CCCCC/C=C\CCCCCCCC(=O)OC(COC(=O)CCCCCCCCCCCCCCCCC)COP(=O)(O)OCC. The zero-order valence-electron chi connectivity index (χ0n) is 30.7. The smallest absolute Gasteiger partial charge is 0.462 e. The quantitative estimate of drug-likeness (QED) is 0.0300. The number of esters is 2. The number of carbonyl (C=O) groups is 2. The van der Waals surface area contributed by atoms with Crippen molar-refractivity contribution in [3.8, 4) is 0 Å². The predicted molar refractivity (Wildman–Crippen MR) is 193 cm³/mol. The molecular weight excluding hydrogens is 615 g/mol. The van der Waals surface area contributed by atoms with E-state index in [9.17, 15) is 19.0 Å². The van der Waals surface area contributed by atoms with Gasteiger partial charge in [-0.15, -0.1) is 0 Å². The van der Waals surface area contributed by atoms with Crippen LogP contribution in [0.15, 0.2) is 12.2 Å². The Morgan fingerprint density at radius 3 is 1.45 bits per heavy atom. The molecule has 0 heterocycles. The molecule has 0 aromatic carbocycles. The monoisotopic (exact) mass is 689 g/mol. The van der Waals surface area contributed by atoms with E-state index in [1.54, 1.807) is 6.92 Å². The van der Waals surface area contributed by atoms with Gasteiger partial charge in [-0.2, -0.15) is 0 Å². The second-order valence-corrected chi connectivity index (χ2v) is 14.4. The van der Waals surface area contributed by atoms with E-state index in [-0.39, 0.29) is 25.6 Å². The van der Waals surface area contributed by atoms with Crippen molar-refractivity contribution < 1.29 is 37.6 Å². The number of unbranched alkanes of at least 4 members (excludes halogenated alkanes) is 22. The fourth-order valence-electron chi connectivity index (χ4n) is 5.45. The molecule has 0 saturated heterocycles. The summed E-state index contributed by atoms with van der Waals surface area (Å²) in [6, 6.07) is 0. The van der Waals surface area contributed by atoms with Crippen LogP contribution in [0.5, 0.6) is 0 Å². The van der Waals surface area contributed by atoms with Crippen LogP contribution in [0.2, 0.25) is 0 Å². The van der Waals surface area contributed by atoms with Crippen molar-refractivity contribution in [2.24, 2.45) is 0 Å². The van der Waals surface area contributed by atoms with Crippen molar-refractivity contribution in [1.82, 2.24) is 0 Å². The molecule has 278 valence electrons. The first-order valence-corrected chi connectivity index (χ1v) is 21.0. The van der Waals surface area contributed by atoms with Gasteiger partial charge >= 0.3 is 19.8 Å². The van der Waals surface area contributed by atoms with Crippen molar-refractivity contribution in [3.05, 3.63) is 12.2 Å². The normalized spacial score (nSPS) is 13.5. The second kappa shape index (κ2) is 34.6. The summed E-state index contributed by atoms with van der Waals surface area (Å²) in [5.41, 5.74) is 0. The van der Waals surface area contributed by atoms with Crippen molar-refractivity contribution in [1.29, 1.82) is 0 Å². The van der Waals surface area contributed by atoms with Crippen LogP contribution < -0.4 is 0 Å². The molecule has 0 rings (SSSR count). The molecule has 0 fully saturated rings. The molecule has 2 unspecified atom stereocenters. The molecule has 0 aromatic heterocycles. The molecule has 0 saturated carbocycles. The van der Waals surface area contributed by atoms with Gasteiger partial charge in [0.2, 0.25) is 0 Å². The predicted octanol–water partition coefficient (Wildman–Crippen LogP) is 11.7. The van der Waals surface area contributed by atoms with Crippen LogP contribution in [0.1, 0.15) is 194 Å². The summed E-state index contributed by atoms with van der Waals surface area (Å²) in [5, 5.41) is 0. The van der Waals surface area contributed by atoms with Crippen LogP contribution in [-0.4, -0.2) is 42.8 Å². The minimum absolute atomic E-state index is 0.00170. The van der Waals surface area contributed by atoms with E-state index in [1.165, 1.54) is 103 Å². The maximum absolute atomic E-state index is 12.5. The van der Waals surface area contributed by atoms with Crippen LogP contribution in [0, 0.1) is 0 Å². The van der Waals surface area contributed by atoms with Crippen LogP contribution in [-0.2, 0) is 32.7 Å². The highest BCUT2D eigenvalue weighted by molar-refractivity contribution is 7.47. The molecule has 8 nitrogen and oxygen atoms in total. The molecule has 0 aliphatic rings. The van der Waals surface area contributed by atoms with E-state index >= 15 is 0 Å². The van der Waals surface area contributed by atoms with E-state index in [4.69, 9.17) is 18.5 Å². The number of carbonyl (C=O) groups excluding carboxylic acids is 2. The highest BCUT2D eigenvalue weighted by Gasteiger charge is 2.25. The van der Waals surface area contributed by atoms with Gasteiger partial charge in [0.1, 0.15) is 6.61 Å². The fourth-order valence-corrected chi connectivity index (χ4v) is 6.20. The molecule has 2 atom stereocenters. The average molecular weight is 689 g/mol. The third-order valence-corrected chi connectivity index (χ3v) is 9.38. The minimum Gasteiger partial charge on any atom is -0.462 e. The summed E-state index contributed by atoms with van der Waals surface area (Å²) in [6.07, 6.45) is 34.0. The highest BCUT2D eigenvalue weighted by Crippen LogP contribution is 2.43. The van der Waals surface area contributed by atoms with Crippen LogP contribution in [0.25, 0.3) is 0 Å². The maximum Gasteiger partial charge on any atom is 0.472 e. The van der Waals surface area contributed by atoms with Gasteiger partial charge in [-0.25, -0.2) is 4.57 Å². The Hall–Kier alpha value is -1.21. The summed E-state index contributed by atoms with van der Waals surface area (Å²) >= 11 is 0. The first kappa shape index (κ1) is 45.8. The van der Waals surface area contributed by atoms with Crippen LogP contribution in [0.3, 0.4) is 0 Å². The molecule has 0 radical (unpaired) electrons. The lowest BCUT2D eigenvalue weighted by Gasteiger charge is -2.19. The standard InChI is InChI=1S/C38H73O8P/c1-4-7-9-11-13-15-17-19-20-21-23-24-26-28-30-32-37(39)43-34-36(35-45-47(41,42)44-6-3)46-38(40)33-31-29-27-25-22-18-16-14-12-10-8-5-2/h14,16,36H,4-13,15,17-35H2,1-3H3,(H,41,42)/b16-14-. The molecule has 47 heavy (non-hydrogen) atoms. The van der Waals surface area contributed by atoms with Gasteiger partial charge in [0.25, 0.3) is 0 Å². The van der Waals surface area contributed by atoms with Gasteiger partial charge in [0, 0.05) is 12.8 Å². The summed E-state index contributed by atoms with van der Waals surface area (Å²) in [6.45, 7) is 5.44. The van der Waals surface area contributed by atoms with E-state index < -0.39 is 26.5 Å². The second-order valence-electron chi connectivity index (χ2n) is 13.0. The number of allylic oxidation sites excluding steroid dienone is 2. The zero-order valence-corrected chi connectivity index (χ0v) is 31.6. The molecule has 0 amide bonds. The van der Waals surface area contributed by atoms with Gasteiger partial charge in [-0.3, -0.25) is 18.6 Å². The Balaban J connectivity index is 4.11. The molecule has 0 spiro atoms. The van der Waals surface area contributed by atoms with Gasteiger partial charge in [0.05, 0.1) is 13.2 Å². The number of phosphoric ester groups is 1. The molecule has 9 heteroatoms. The Kier molecular flexibility index (Phi) is 33.8. The van der Waals surface area contributed by atoms with E-state index in [1.807, 2.05) is 0 Å². The van der Waals surface area contributed by atoms with Gasteiger partial charge < -0.3 is 14.4 Å². The topological polar surface area (TPSA) is 108 Å².